The number of anilines is 2. The molecule has 10 nitrogen and oxygen atoms in total. The van der Waals surface area contributed by atoms with E-state index in [0.29, 0.717) is 19.4 Å². The van der Waals surface area contributed by atoms with Gasteiger partial charge in [0.25, 0.3) is 5.91 Å². The van der Waals surface area contributed by atoms with Crippen molar-refractivity contribution in [2.24, 2.45) is 0 Å². The molecule has 1 atom stereocenters. The molecule has 2 aliphatic rings. The van der Waals surface area contributed by atoms with Crippen LogP contribution < -0.4 is 15.1 Å². The molecular formula is C32H36ClF3N6O4. The van der Waals surface area contributed by atoms with E-state index in [1.165, 1.54) is 35.4 Å². The second-order valence-electron chi connectivity index (χ2n) is 9.85. The van der Waals surface area contributed by atoms with Crippen molar-refractivity contribution in [2.75, 3.05) is 22.9 Å². The lowest BCUT2D eigenvalue weighted by atomic mass is 9.92. The molecular weight excluding hydrogens is 625 g/mol. The van der Waals surface area contributed by atoms with E-state index >= 15 is 0 Å². The molecule has 2 fully saturated rings. The Morgan fingerprint density at radius 2 is 1.83 bits per heavy atom. The van der Waals surface area contributed by atoms with Gasteiger partial charge in [-0.1, -0.05) is 49.7 Å². The first-order chi connectivity index (χ1) is 22.0. The van der Waals surface area contributed by atoms with Crippen molar-refractivity contribution in [3.8, 4) is 6.07 Å². The van der Waals surface area contributed by atoms with Gasteiger partial charge in [0.2, 0.25) is 24.2 Å². The number of aromatic nitrogens is 2. The lowest BCUT2D eigenvalue weighted by molar-refractivity contribution is -0.124. The number of hydrogen-bond acceptors (Lipinski definition) is 7. The van der Waals surface area contributed by atoms with Gasteiger partial charge in [0, 0.05) is 48.8 Å². The van der Waals surface area contributed by atoms with Crippen molar-refractivity contribution in [1.82, 2.24) is 15.3 Å². The second kappa shape index (κ2) is 19.1. The molecule has 1 saturated carbocycles. The molecule has 0 spiro atoms. The van der Waals surface area contributed by atoms with E-state index in [-0.39, 0.29) is 55.6 Å². The van der Waals surface area contributed by atoms with Crippen LogP contribution >= 0.6 is 11.6 Å². The van der Waals surface area contributed by atoms with Crippen molar-refractivity contribution in [1.29, 1.82) is 5.26 Å². The highest BCUT2D eigenvalue weighted by atomic mass is 35.5. The van der Waals surface area contributed by atoms with Gasteiger partial charge in [-0.25, -0.2) is 23.1 Å². The van der Waals surface area contributed by atoms with Crippen LogP contribution in [0.2, 0.25) is 5.02 Å². The lowest BCUT2D eigenvalue weighted by Gasteiger charge is -2.29. The molecule has 1 aromatic heterocycles. The van der Waals surface area contributed by atoms with Gasteiger partial charge in [0.1, 0.15) is 30.2 Å². The smallest absolute Gasteiger partial charge is 0.258 e. The summed E-state index contributed by atoms with van der Waals surface area (Å²) in [5.74, 6) is -3.86. The molecule has 246 valence electrons. The van der Waals surface area contributed by atoms with Crippen LogP contribution in [0, 0.1) is 17.1 Å². The van der Waals surface area contributed by atoms with E-state index in [4.69, 9.17) is 16.9 Å². The van der Waals surface area contributed by atoms with Crippen LogP contribution in [0.5, 0.6) is 0 Å². The van der Waals surface area contributed by atoms with Gasteiger partial charge in [0.15, 0.2) is 0 Å². The Morgan fingerprint density at radius 1 is 1.15 bits per heavy atom. The fourth-order valence-electron chi connectivity index (χ4n) is 4.28. The molecule has 14 heteroatoms. The number of nitrogens with zero attached hydrogens (tertiary/aromatic N) is 5. The average Bonchev–Trinajstić information content (AvgIpc) is 3.40. The molecule has 2 aromatic carbocycles. The molecule has 0 radical (unpaired) electrons. The van der Waals surface area contributed by atoms with Crippen molar-refractivity contribution in [2.45, 2.75) is 64.0 Å². The van der Waals surface area contributed by atoms with E-state index in [1.54, 1.807) is 0 Å². The average molecular weight is 661 g/mol. The Morgan fingerprint density at radius 3 is 2.35 bits per heavy atom. The maximum absolute atomic E-state index is 13.1. The Balaban J connectivity index is 0.000000263. The molecule has 2 heterocycles. The predicted molar refractivity (Wildman–Crippen MR) is 168 cm³/mol. The molecule has 1 unspecified atom stereocenters. The third kappa shape index (κ3) is 12.5. The van der Waals surface area contributed by atoms with E-state index < -0.39 is 29.7 Å². The summed E-state index contributed by atoms with van der Waals surface area (Å²) < 4.78 is 39.2. The highest BCUT2D eigenvalue weighted by Gasteiger charge is 2.35. The number of benzene rings is 2. The van der Waals surface area contributed by atoms with E-state index in [1.807, 2.05) is 50.2 Å². The molecule has 1 aliphatic carbocycles. The van der Waals surface area contributed by atoms with E-state index in [9.17, 15) is 32.7 Å². The number of nitrogens with one attached hydrogen (secondary N) is 1. The monoisotopic (exact) mass is 660 g/mol. The second-order valence-corrected chi connectivity index (χ2v) is 10.3. The fraction of sp³-hybridized carbons (Fsp3) is 0.375. The van der Waals surface area contributed by atoms with Crippen LogP contribution in [0.15, 0.2) is 66.9 Å². The largest absolute Gasteiger partial charge is 0.383 e. The van der Waals surface area contributed by atoms with Crippen molar-refractivity contribution in [3.05, 3.63) is 83.4 Å². The Hall–Kier alpha value is -4.54. The number of carbonyl (C=O) groups excluding carboxylic acids is 3. The molecule has 5 rings (SSSR count). The zero-order valence-corrected chi connectivity index (χ0v) is 26.2. The molecule has 1 aliphatic heterocycles. The number of carbonyl (C=O) groups is 3. The first-order valence-corrected chi connectivity index (χ1v) is 15.0. The number of halogens is 4. The number of aliphatic hydroxyl groups excluding tert-OH is 1. The van der Waals surface area contributed by atoms with Crippen LogP contribution in [0.4, 0.5) is 24.8 Å². The number of nitriles is 1. The first kappa shape index (κ1) is 37.6. The van der Waals surface area contributed by atoms with Gasteiger partial charge in [-0.2, -0.15) is 5.26 Å². The summed E-state index contributed by atoms with van der Waals surface area (Å²) in [5.41, 5.74) is 0.467. The van der Waals surface area contributed by atoms with Crippen LogP contribution in [0.25, 0.3) is 0 Å². The zero-order chi connectivity index (χ0) is 34.1. The van der Waals surface area contributed by atoms with Crippen molar-refractivity contribution in [3.63, 3.8) is 0 Å². The standard InChI is InChI=1S/C15H17F3N2O2.C9H8N4O2.C6H5Cl.C2H6/c16-11-2-1-3-13(8-11)20(10-21)9-14(22)19-12-4-6-15(17,18)7-5-12;10-5-6-1-3-11-9(12-6)13-4-2-7(14)8(13)15;7-6-4-2-1-3-5-6;1-2/h1-3,8,10,12H,4-7,9H2,(H,19,22);1,3,7,14H,2,4H2;1-5H;1-2H3. The van der Waals surface area contributed by atoms with Crippen LogP contribution in [0.3, 0.4) is 0 Å². The predicted octanol–water partition coefficient (Wildman–Crippen LogP) is 5.29. The number of hydrogen-bond donors (Lipinski definition) is 2. The van der Waals surface area contributed by atoms with Gasteiger partial charge < -0.3 is 15.3 Å². The van der Waals surface area contributed by atoms with Gasteiger partial charge in [-0.15, -0.1) is 0 Å². The van der Waals surface area contributed by atoms with Gasteiger partial charge in [-0.3, -0.25) is 19.3 Å². The summed E-state index contributed by atoms with van der Waals surface area (Å²) in [6.45, 7) is 4.11. The van der Waals surface area contributed by atoms with Crippen molar-refractivity contribution < 1.29 is 32.7 Å². The van der Waals surface area contributed by atoms with Gasteiger partial charge in [0.05, 0.1) is 0 Å². The number of alkyl halides is 2. The molecule has 46 heavy (non-hydrogen) atoms. The summed E-state index contributed by atoms with van der Waals surface area (Å²) in [5, 5.41) is 21.3. The minimum absolute atomic E-state index is 0.176. The highest BCUT2D eigenvalue weighted by molar-refractivity contribution is 6.30. The zero-order valence-electron chi connectivity index (χ0n) is 25.5. The molecule has 1 saturated heterocycles. The fourth-order valence-corrected chi connectivity index (χ4v) is 4.42. The van der Waals surface area contributed by atoms with Gasteiger partial charge >= 0.3 is 0 Å². The molecule has 3 aromatic rings. The maximum atomic E-state index is 13.1. The normalized spacial score (nSPS) is 16.6. The third-order valence-electron chi connectivity index (χ3n) is 6.57. The van der Waals surface area contributed by atoms with Crippen molar-refractivity contribution >= 4 is 41.5 Å². The topological polar surface area (TPSA) is 140 Å². The molecule has 2 N–H and O–H groups in total. The highest BCUT2D eigenvalue weighted by Crippen LogP contribution is 2.33. The Labute approximate surface area is 270 Å². The summed E-state index contributed by atoms with van der Waals surface area (Å²) in [6.07, 6.45) is 1.17. The van der Waals surface area contributed by atoms with Gasteiger partial charge in [-0.05, 0) is 49.2 Å². The molecule has 3 amide bonds. The lowest BCUT2D eigenvalue weighted by Crippen LogP contribution is -2.44. The SMILES string of the molecule is CC.Clc1ccccc1.N#Cc1ccnc(N2CCC(O)C2=O)n1.O=CN(CC(=O)NC1CCC(F)(F)CC1)c1cccc(F)c1. The summed E-state index contributed by atoms with van der Waals surface area (Å²) in [7, 11) is 0. The minimum Gasteiger partial charge on any atom is -0.383 e. The molecule has 0 bridgehead atoms. The Bertz CT molecular complexity index is 1450. The van der Waals surface area contributed by atoms with Crippen LogP contribution in [-0.4, -0.2) is 64.5 Å². The van der Waals surface area contributed by atoms with E-state index in [2.05, 4.69) is 15.3 Å². The number of amides is 3. The van der Waals surface area contributed by atoms with Crippen LogP contribution in [-0.2, 0) is 14.4 Å². The number of rotatable bonds is 6. The minimum atomic E-state index is -2.66. The first-order valence-electron chi connectivity index (χ1n) is 14.6. The van der Waals surface area contributed by atoms with Crippen LogP contribution in [0.1, 0.15) is 51.6 Å². The third-order valence-corrected chi connectivity index (χ3v) is 6.82. The Kier molecular flexibility index (Phi) is 15.6. The summed E-state index contributed by atoms with van der Waals surface area (Å²) in [4.78, 5) is 44.5. The number of aliphatic hydroxyl groups is 1. The van der Waals surface area contributed by atoms with E-state index in [0.717, 1.165) is 16.0 Å². The maximum Gasteiger partial charge on any atom is 0.258 e. The quantitative estimate of drug-likeness (QED) is 0.342. The summed E-state index contributed by atoms with van der Waals surface area (Å²) >= 11 is 5.54. The summed E-state index contributed by atoms with van der Waals surface area (Å²) in [6, 6.07) is 17.8.